The van der Waals surface area contributed by atoms with Crippen LogP contribution in [0.15, 0.2) is 24.4 Å². The molecule has 2 aromatic rings. The largest absolute Gasteiger partial charge is 0.306 e. The van der Waals surface area contributed by atoms with Crippen LogP contribution < -0.4 is 5.32 Å². The molecule has 0 fully saturated rings. The number of benzene rings is 1. The number of nitrogens with zero attached hydrogens (tertiary/aromatic N) is 1. The lowest BCUT2D eigenvalue weighted by Gasteiger charge is -2.03. The smallest absolute Gasteiger partial charge is 0.159 e. The zero-order valence-electron chi connectivity index (χ0n) is 10.0. The molecule has 1 aromatic heterocycles. The van der Waals surface area contributed by atoms with E-state index in [4.69, 9.17) is 0 Å². The zero-order chi connectivity index (χ0) is 13.0. The van der Waals surface area contributed by atoms with Crippen molar-refractivity contribution in [3.05, 3.63) is 51.5 Å². The summed E-state index contributed by atoms with van der Waals surface area (Å²) < 4.78 is 25.7. The molecule has 18 heavy (non-hydrogen) atoms. The van der Waals surface area contributed by atoms with Crippen molar-refractivity contribution in [1.82, 2.24) is 10.3 Å². The quantitative estimate of drug-likeness (QED) is 0.900. The fraction of sp³-hybridized carbons (Fsp3) is 0.308. The van der Waals surface area contributed by atoms with Crippen molar-refractivity contribution in [3.8, 4) is 0 Å². The van der Waals surface area contributed by atoms with Gasteiger partial charge in [0.25, 0.3) is 0 Å². The third-order valence-corrected chi connectivity index (χ3v) is 3.68. The number of nitrogens with one attached hydrogen (secondary N) is 1. The minimum Gasteiger partial charge on any atom is -0.306 e. The number of hydrogen-bond donors (Lipinski definition) is 1. The first-order valence-corrected chi connectivity index (χ1v) is 6.59. The third-order valence-electron chi connectivity index (χ3n) is 2.54. The molecule has 1 aromatic carbocycles. The van der Waals surface area contributed by atoms with Gasteiger partial charge in [0, 0.05) is 24.2 Å². The Morgan fingerprint density at radius 1 is 1.22 bits per heavy atom. The molecule has 0 aliphatic rings. The Hall–Kier alpha value is -1.33. The van der Waals surface area contributed by atoms with E-state index < -0.39 is 11.6 Å². The highest BCUT2D eigenvalue weighted by molar-refractivity contribution is 7.11. The van der Waals surface area contributed by atoms with E-state index in [1.165, 1.54) is 10.9 Å². The van der Waals surface area contributed by atoms with Crippen molar-refractivity contribution in [2.45, 2.75) is 26.4 Å². The summed E-state index contributed by atoms with van der Waals surface area (Å²) in [6.07, 6.45) is 2.86. The lowest BCUT2D eigenvalue weighted by molar-refractivity contribution is 0.506. The zero-order valence-corrected chi connectivity index (χ0v) is 10.9. The highest BCUT2D eigenvalue weighted by Crippen LogP contribution is 2.13. The van der Waals surface area contributed by atoms with Crippen molar-refractivity contribution in [3.63, 3.8) is 0 Å². The predicted molar refractivity (Wildman–Crippen MR) is 68.4 cm³/mol. The molecule has 5 heteroatoms. The first kappa shape index (κ1) is 13.1. The van der Waals surface area contributed by atoms with Crippen molar-refractivity contribution >= 4 is 11.3 Å². The Morgan fingerprint density at radius 3 is 2.72 bits per heavy atom. The van der Waals surface area contributed by atoms with E-state index in [-0.39, 0.29) is 0 Å². The molecule has 0 aliphatic heterocycles. The molecule has 0 saturated heterocycles. The van der Waals surface area contributed by atoms with Gasteiger partial charge in [0.05, 0.1) is 0 Å². The number of thiazole rings is 1. The summed E-state index contributed by atoms with van der Waals surface area (Å²) >= 11 is 1.67. The average Bonchev–Trinajstić information content (AvgIpc) is 2.82. The van der Waals surface area contributed by atoms with Crippen LogP contribution in [0.5, 0.6) is 0 Å². The molecule has 0 unspecified atom stereocenters. The first-order valence-electron chi connectivity index (χ1n) is 5.77. The predicted octanol–water partition coefficient (Wildman–Crippen LogP) is 3.27. The topological polar surface area (TPSA) is 24.9 Å². The number of halogens is 2. The van der Waals surface area contributed by atoms with Crippen LogP contribution in [0, 0.1) is 11.6 Å². The van der Waals surface area contributed by atoms with Gasteiger partial charge in [-0.15, -0.1) is 11.3 Å². The highest BCUT2D eigenvalue weighted by Gasteiger charge is 2.03. The molecule has 0 amide bonds. The molecule has 0 bridgehead atoms. The molecule has 0 aliphatic carbocycles. The van der Waals surface area contributed by atoms with Crippen LogP contribution in [0.1, 0.15) is 22.4 Å². The lowest BCUT2D eigenvalue weighted by atomic mass is 10.2. The van der Waals surface area contributed by atoms with Crippen molar-refractivity contribution in [1.29, 1.82) is 0 Å². The minimum atomic E-state index is -0.814. The van der Waals surface area contributed by atoms with E-state index >= 15 is 0 Å². The maximum atomic E-state index is 13.0. The Balaban J connectivity index is 1.86. The summed E-state index contributed by atoms with van der Waals surface area (Å²) in [4.78, 5) is 5.52. The summed E-state index contributed by atoms with van der Waals surface area (Å²) in [6.45, 7) is 3.23. The van der Waals surface area contributed by atoms with Crippen LogP contribution in [-0.4, -0.2) is 4.98 Å². The van der Waals surface area contributed by atoms with Gasteiger partial charge in [-0.2, -0.15) is 0 Å². The molecular formula is C13H14F2N2S. The molecule has 1 N–H and O–H groups in total. The van der Waals surface area contributed by atoms with Crippen LogP contribution in [-0.2, 0) is 19.5 Å². The Kier molecular flexibility index (Phi) is 4.38. The third kappa shape index (κ3) is 3.34. The summed E-state index contributed by atoms with van der Waals surface area (Å²) in [5.41, 5.74) is 0.723. The van der Waals surface area contributed by atoms with Crippen LogP contribution >= 0.6 is 11.3 Å². The molecule has 2 nitrogen and oxygen atoms in total. The van der Waals surface area contributed by atoms with Crippen molar-refractivity contribution in [2.75, 3.05) is 0 Å². The molecule has 0 radical (unpaired) electrons. The second-order valence-electron chi connectivity index (χ2n) is 3.93. The molecular weight excluding hydrogens is 254 g/mol. The van der Waals surface area contributed by atoms with Gasteiger partial charge in [0.15, 0.2) is 11.6 Å². The van der Waals surface area contributed by atoms with Crippen LogP contribution in [0.2, 0.25) is 0 Å². The van der Waals surface area contributed by atoms with E-state index in [2.05, 4.69) is 17.2 Å². The van der Waals surface area contributed by atoms with E-state index in [1.54, 1.807) is 17.4 Å². The minimum absolute atomic E-state index is 0.498. The fourth-order valence-corrected chi connectivity index (χ4v) is 2.39. The number of hydrogen-bond acceptors (Lipinski definition) is 3. The highest BCUT2D eigenvalue weighted by atomic mass is 32.1. The molecule has 96 valence electrons. The molecule has 2 rings (SSSR count). The van der Waals surface area contributed by atoms with Crippen molar-refractivity contribution < 1.29 is 8.78 Å². The maximum absolute atomic E-state index is 13.0. The summed E-state index contributed by atoms with van der Waals surface area (Å²) in [7, 11) is 0. The van der Waals surface area contributed by atoms with Gasteiger partial charge in [0.1, 0.15) is 5.01 Å². The Morgan fingerprint density at radius 2 is 2.06 bits per heavy atom. The molecule has 1 heterocycles. The van der Waals surface area contributed by atoms with Crippen LogP contribution in [0.25, 0.3) is 0 Å². The Labute approximate surface area is 109 Å². The van der Waals surface area contributed by atoms with Crippen LogP contribution in [0.3, 0.4) is 0 Å². The molecule has 0 atom stereocenters. The van der Waals surface area contributed by atoms with Gasteiger partial charge in [-0.3, -0.25) is 0 Å². The fourth-order valence-electron chi connectivity index (χ4n) is 1.56. The van der Waals surface area contributed by atoms with E-state index in [9.17, 15) is 8.78 Å². The summed E-state index contributed by atoms with van der Waals surface area (Å²) in [5.74, 6) is -1.62. The summed E-state index contributed by atoms with van der Waals surface area (Å²) in [5, 5.41) is 4.17. The van der Waals surface area contributed by atoms with Crippen LogP contribution in [0.4, 0.5) is 8.78 Å². The van der Waals surface area contributed by atoms with E-state index in [0.717, 1.165) is 23.1 Å². The number of aryl methyl sites for hydroxylation is 1. The maximum Gasteiger partial charge on any atom is 0.159 e. The van der Waals surface area contributed by atoms with Gasteiger partial charge in [0.2, 0.25) is 0 Å². The van der Waals surface area contributed by atoms with E-state index in [1.807, 2.05) is 6.20 Å². The standard InChI is InChI=1S/C13H14F2N2S/c1-2-10-7-17-13(18-10)8-16-6-9-3-4-11(14)12(15)5-9/h3-5,7,16H,2,6,8H2,1H3. The number of aromatic nitrogens is 1. The lowest BCUT2D eigenvalue weighted by Crippen LogP contribution is -2.12. The second kappa shape index (κ2) is 6.02. The van der Waals surface area contributed by atoms with Crippen molar-refractivity contribution in [2.24, 2.45) is 0 Å². The SMILES string of the molecule is CCc1cnc(CNCc2ccc(F)c(F)c2)s1. The molecule has 0 saturated carbocycles. The van der Waals surface area contributed by atoms with Gasteiger partial charge in [-0.25, -0.2) is 13.8 Å². The second-order valence-corrected chi connectivity index (χ2v) is 5.13. The Bertz CT molecular complexity index is 525. The molecule has 0 spiro atoms. The monoisotopic (exact) mass is 268 g/mol. The summed E-state index contributed by atoms with van der Waals surface area (Å²) in [6, 6.07) is 3.93. The first-order chi connectivity index (χ1) is 8.69. The average molecular weight is 268 g/mol. The van der Waals surface area contributed by atoms with Gasteiger partial charge >= 0.3 is 0 Å². The normalized spacial score (nSPS) is 10.8. The van der Waals surface area contributed by atoms with E-state index in [0.29, 0.717) is 13.1 Å². The van der Waals surface area contributed by atoms with Gasteiger partial charge in [-0.05, 0) is 24.1 Å². The number of rotatable bonds is 5. The van der Waals surface area contributed by atoms with Gasteiger partial charge in [-0.1, -0.05) is 13.0 Å². The van der Waals surface area contributed by atoms with Gasteiger partial charge < -0.3 is 5.32 Å².